The highest BCUT2D eigenvalue weighted by molar-refractivity contribution is 5.79. The van der Waals surface area contributed by atoms with Crippen LogP contribution in [0.25, 0.3) is 10.9 Å². The highest BCUT2D eigenvalue weighted by Crippen LogP contribution is 2.27. The van der Waals surface area contributed by atoms with Crippen molar-refractivity contribution in [3.8, 4) is 17.6 Å². The van der Waals surface area contributed by atoms with Crippen LogP contribution in [-0.4, -0.2) is 4.98 Å². The van der Waals surface area contributed by atoms with Crippen LogP contribution >= 0.6 is 0 Å². The van der Waals surface area contributed by atoms with Crippen LogP contribution in [0.4, 0.5) is 0 Å². The van der Waals surface area contributed by atoms with Gasteiger partial charge in [0.15, 0.2) is 0 Å². The van der Waals surface area contributed by atoms with Gasteiger partial charge >= 0.3 is 0 Å². The van der Waals surface area contributed by atoms with Gasteiger partial charge in [-0.2, -0.15) is 5.26 Å². The lowest BCUT2D eigenvalue weighted by Gasteiger charge is -2.08. The van der Waals surface area contributed by atoms with E-state index in [4.69, 9.17) is 10.00 Å². The minimum absolute atomic E-state index is 0.533. The summed E-state index contributed by atoms with van der Waals surface area (Å²) >= 11 is 0. The fraction of sp³-hybridized carbons (Fsp3) is 0.0588. The molecule has 2 aromatic carbocycles. The Bertz CT molecular complexity index is 819. The van der Waals surface area contributed by atoms with E-state index in [0.717, 1.165) is 16.5 Å². The van der Waals surface area contributed by atoms with Crippen LogP contribution in [0.5, 0.6) is 11.5 Å². The maximum Gasteiger partial charge on any atom is 0.145 e. The van der Waals surface area contributed by atoms with Gasteiger partial charge in [0.05, 0.1) is 11.1 Å². The molecule has 96 valence electrons. The fourth-order valence-electron chi connectivity index (χ4n) is 2.06. The molecule has 0 saturated heterocycles. The third-order valence-corrected chi connectivity index (χ3v) is 3.06. The summed E-state index contributed by atoms with van der Waals surface area (Å²) in [4.78, 5) is 4.30. The number of nitrogens with zero attached hydrogens (tertiary/aromatic N) is 2. The van der Waals surface area contributed by atoms with E-state index in [2.05, 4.69) is 11.1 Å². The second-order valence-corrected chi connectivity index (χ2v) is 4.57. The van der Waals surface area contributed by atoms with Crippen LogP contribution < -0.4 is 4.74 Å². The standard InChI is InChI=1S/C17H12N2O/c1-12-4-7-17(14(9-12)11-18)20-15-6-5-13-3-2-8-19-16(13)10-15/h2-10H,1H3. The number of aryl methyl sites for hydroxylation is 1. The van der Waals surface area contributed by atoms with Crippen LogP contribution in [0.1, 0.15) is 11.1 Å². The normalized spacial score (nSPS) is 10.2. The number of hydrogen-bond acceptors (Lipinski definition) is 3. The number of rotatable bonds is 2. The molecule has 3 aromatic rings. The van der Waals surface area contributed by atoms with Crippen molar-refractivity contribution in [1.29, 1.82) is 5.26 Å². The zero-order valence-electron chi connectivity index (χ0n) is 11.0. The van der Waals surface area contributed by atoms with E-state index in [1.54, 1.807) is 6.20 Å². The summed E-state index contributed by atoms with van der Waals surface area (Å²) < 4.78 is 5.80. The maximum atomic E-state index is 9.15. The molecule has 0 amide bonds. The molecule has 3 rings (SSSR count). The fourth-order valence-corrected chi connectivity index (χ4v) is 2.06. The first kappa shape index (κ1) is 12.2. The van der Waals surface area contributed by atoms with Gasteiger partial charge in [-0.3, -0.25) is 4.98 Å². The quantitative estimate of drug-likeness (QED) is 0.693. The molecule has 0 spiro atoms. The number of hydrogen-bond donors (Lipinski definition) is 0. The lowest BCUT2D eigenvalue weighted by atomic mass is 10.1. The van der Waals surface area contributed by atoms with E-state index in [1.807, 2.05) is 55.5 Å². The van der Waals surface area contributed by atoms with Gasteiger partial charge in [-0.05, 0) is 42.8 Å². The van der Waals surface area contributed by atoms with E-state index >= 15 is 0 Å². The van der Waals surface area contributed by atoms with Crippen molar-refractivity contribution >= 4 is 10.9 Å². The lowest BCUT2D eigenvalue weighted by molar-refractivity contribution is 0.481. The average molecular weight is 260 g/mol. The van der Waals surface area contributed by atoms with Crippen LogP contribution in [0.2, 0.25) is 0 Å². The zero-order chi connectivity index (χ0) is 13.9. The van der Waals surface area contributed by atoms with E-state index in [9.17, 15) is 0 Å². The van der Waals surface area contributed by atoms with Gasteiger partial charge in [0.2, 0.25) is 0 Å². The van der Waals surface area contributed by atoms with E-state index < -0.39 is 0 Å². The molecule has 0 N–H and O–H groups in total. The molecule has 0 aliphatic rings. The smallest absolute Gasteiger partial charge is 0.145 e. The SMILES string of the molecule is Cc1ccc(Oc2ccc3cccnc3c2)c(C#N)c1. The van der Waals surface area contributed by atoms with Crippen molar-refractivity contribution in [1.82, 2.24) is 4.98 Å². The van der Waals surface area contributed by atoms with Crippen molar-refractivity contribution in [2.45, 2.75) is 6.92 Å². The monoisotopic (exact) mass is 260 g/mol. The second-order valence-electron chi connectivity index (χ2n) is 4.57. The van der Waals surface area contributed by atoms with Crippen LogP contribution in [0.3, 0.4) is 0 Å². The van der Waals surface area contributed by atoms with Gasteiger partial charge in [-0.15, -0.1) is 0 Å². The first-order valence-electron chi connectivity index (χ1n) is 6.30. The number of benzene rings is 2. The third kappa shape index (κ3) is 2.32. The first-order chi connectivity index (χ1) is 9.76. The molecule has 0 aliphatic carbocycles. The van der Waals surface area contributed by atoms with Crippen molar-refractivity contribution < 1.29 is 4.74 Å². The zero-order valence-corrected chi connectivity index (χ0v) is 11.0. The molecule has 3 heteroatoms. The molecule has 0 fully saturated rings. The molecule has 20 heavy (non-hydrogen) atoms. The molecule has 0 atom stereocenters. The van der Waals surface area contributed by atoms with E-state index in [0.29, 0.717) is 17.1 Å². The number of fused-ring (bicyclic) bond motifs is 1. The number of ether oxygens (including phenoxy) is 1. The van der Waals surface area contributed by atoms with Gasteiger partial charge in [0.1, 0.15) is 17.6 Å². The first-order valence-corrected chi connectivity index (χ1v) is 6.30. The molecule has 0 bridgehead atoms. The van der Waals surface area contributed by atoms with Gasteiger partial charge in [0, 0.05) is 17.6 Å². The van der Waals surface area contributed by atoms with Crippen molar-refractivity contribution in [2.24, 2.45) is 0 Å². The topological polar surface area (TPSA) is 45.9 Å². The Labute approximate surface area is 117 Å². The van der Waals surface area contributed by atoms with Crippen molar-refractivity contribution in [3.05, 3.63) is 65.9 Å². The Morgan fingerprint density at radius 3 is 2.85 bits per heavy atom. The average Bonchev–Trinajstić information content (AvgIpc) is 2.49. The number of aromatic nitrogens is 1. The van der Waals surface area contributed by atoms with Crippen molar-refractivity contribution in [3.63, 3.8) is 0 Å². The van der Waals surface area contributed by atoms with Crippen molar-refractivity contribution in [2.75, 3.05) is 0 Å². The maximum absolute atomic E-state index is 9.15. The number of pyridine rings is 1. The predicted molar refractivity (Wildman–Crippen MR) is 77.7 cm³/mol. The Kier molecular flexibility index (Phi) is 3.06. The van der Waals surface area contributed by atoms with Crippen LogP contribution in [0.15, 0.2) is 54.7 Å². The Morgan fingerprint density at radius 2 is 2.00 bits per heavy atom. The van der Waals surface area contributed by atoms with Gasteiger partial charge < -0.3 is 4.74 Å². The van der Waals surface area contributed by atoms with Crippen LogP contribution in [0, 0.1) is 18.3 Å². The molecule has 0 radical (unpaired) electrons. The lowest BCUT2D eigenvalue weighted by Crippen LogP contribution is -1.89. The summed E-state index contributed by atoms with van der Waals surface area (Å²) in [6.45, 7) is 1.95. The molecular formula is C17H12N2O. The molecule has 1 aromatic heterocycles. The van der Waals surface area contributed by atoms with E-state index in [-0.39, 0.29) is 0 Å². The molecule has 0 unspecified atom stereocenters. The molecule has 1 heterocycles. The highest BCUT2D eigenvalue weighted by Gasteiger charge is 2.05. The summed E-state index contributed by atoms with van der Waals surface area (Å²) in [6.07, 6.45) is 1.75. The summed E-state index contributed by atoms with van der Waals surface area (Å²) in [6, 6.07) is 17.3. The minimum atomic E-state index is 0.533. The molecule has 0 saturated carbocycles. The van der Waals surface area contributed by atoms with E-state index in [1.165, 1.54) is 0 Å². The summed E-state index contributed by atoms with van der Waals surface area (Å²) in [7, 11) is 0. The Balaban J connectivity index is 1.99. The number of nitriles is 1. The largest absolute Gasteiger partial charge is 0.456 e. The highest BCUT2D eigenvalue weighted by atomic mass is 16.5. The third-order valence-electron chi connectivity index (χ3n) is 3.06. The Morgan fingerprint density at radius 1 is 1.10 bits per heavy atom. The second kappa shape index (κ2) is 5.02. The summed E-state index contributed by atoms with van der Waals surface area (Å²) in [5.41, 5.74) is 2.44. The molecule has 0 aliphatic heterocycles. The Hall–Kier alpha value is -2.86. The van der Waals surface area contributed by atoms with Gasteiger partial charge in [0.25, 0.3) is 0 Å². The van der Waals surface area contributed by atoms with Crippen LogP contribution in [-0.2, 0) is 0 Å². The minimum Gasteiger partial charge on any atom is -0.456 e. The van der Waals surface area contributed by atoms with Gasteiger partial charge in [-0.25, -0.2) is 0 Å². The summed E-state index contributed by atoms with van der Waals surface area (Å²) in [5.74, 6) is 1.24. The molecule has 3 nitrogen and oxygen atoms in total. The molecular weight excluding hydrogens is 248 g/mol. The predicted octanol–water partition coefficient (Wildman–Crippen LogP) is 4.21. The van der Waals surface area contributed by atoms with Gasteiger partial charge in [-0.1, -0.05) is 12.1 Å². The summed E-state index contributed by atoms with van der Waals surface area (Å²) in [5, 5.41) is 10.2.